The SMILES string of the molecule is NNC(=O)[N+](N)=C1N=NN=N1. The van der Waals surface area contributed by atoms with E-state index in [9.17, 15) is 4.79 Å². The molecule has 0 saturated heterocycles. The zero-order valence-corrected chi connectivity index (χ0v) is 5.30. The zero-order chi connectivity index (χ0) is 8.27. The lowest BCUT2D eigenvalue weighted by Crippen LogP contribution is -2.43. The van der Waals surface area contributed by atoms with E-state index in [2.05, 4.69) is 20.7 Å². The van der Waals surface area contributed by atoms with Crippen molar-refractivity contribution in [3.8, 4) is 0 Å². The molecule has 0 unspecified atom stereocenters. The van der Waals surface area contributed by atoms with E-state index in [1.807, 2.05) is 0 Å². The van der Waals surface area contributed by atoms with Crippen molar-refractivity contribution in [2.45, 2.75) is 0 Å². The van der Waals surface area contributed by atoms with Crippen molar-refractivity contribution in [2.24, 2.45) is 32.4 Å². The van der Waals surface area contributed by atoms with Crippen molar-refractivity contribution in [3.63, 3.8) is 0 Å². The molecule has 5 N–H and O–H groups in total. The van der Waals surface area contributed by atoms with Crippen LogP contribution in [-0.4, -0.2) is 16.7 Å². The Hall–Kier alpha value is -1.90. The van der Waals surface area contributed by atoms with Crippen LogP contribution in [0.4, 0.5) is 4.79 Å². The van der Waals surface area contributed by atoms with Gasteiger partial charge < -0.3 is 0 Å². The molecule has 0 saturated carbocycles. The van der Waals surface area contributed by atoms with E-state index in [0.717, 1.165) is 0 Å². The van der Waals surface area contributed by atoms with E-state index >= 15 is 0 Å². The molecule has 1 aliphatic rings. The van der Waals surface area contributed by atoms with Crippen molar-refractivity contribution in [1.29, 1.82) is 0 Å². The predicted molar refractivity (Wildman–Crippen MR) is 31.9 cm³/mol. The second kappa shape index (κ2) is 2.79. The summed E-state index contributed by atoms with van der Waals surface area (Å²) >= 11 is 0. The largest absolute Gasteiger partial charge is 0.455 e. The minimum absolute atomic E-state index is 0.118. The smallest absolute Gasteiger partial charge is 0.295 e. The molecule has 9 heteroatoms. The van der Waals surface area contributed by atoms with E-state index in [1.165, 1.54) is 0 Å². The third-order valence-electron chi connectivity index (χ3n) is 0.866. The van der Waals surface area contributed by atoms with Crippen molar-refractivity contribution in [1.82, 2.24) is 5.43 Å². The topological polar surface area (TPSA) is 134 Å². The lowest BCUT2D eigenvalue weighted by molar-refractivity contribution is -0.442. The Labute approximate surface area is 60.4 Å². The summed E-state index contributed by atoms with van der Waals surface area (Å²) < 4.78 is 0.583. The first kappa shape index (κ1) is 7.21. The average Bonchev–Trinajstić information content (AvgIpc) is 2.53. The first-order valence-corrected chi connectivity index (χ1v) is 2.50. The lowest BCUT2D eigenvalue weighted by atomic mass is 10.9. The van der Waals surface area contributed by atoms with E-state index < -0.39 is 6.03 Å². The van der Waals surface area contributed by atoms with Gasteiger partial charge in [0.15, 0.2) is 0 Å². The molecule has 1 heterocycles. The molecule has 11 heavy (non-hydrogen) atoms. The summed E-state index contributed by atoms with van der Waals surface area (Å²) in [6.07, 6.45) is 0. The summed E-state index contributed by atoms with van der Waals surface area (Å²) in [6, 6.07) is -0.750. The number of hydrazone groups is 1. The number of urea groups is 1. The molecule has 0 aromatic heterocycles. The maximum atomic E-state index is 10.6. The minimum Gasteiger partial charge on any atom is -0.295 e. The number of nitrogens with two attached hydrogens (primary N) is 2. The fourth-order valence-corrected chi connectivity index (χ4v) is 0.397. The van der Waals surface area contributed by atoms with Gasteiger partial charge in [-0.2, -0.15) is 0 Å². The summed E-state index contributed by atoms with van der Waals surface area (Å²) in [4.78, 5) is 10.6. The average molecular weight is 157 g/mol. The van der Waals surface area contributed by atoms with E-state index in [1.54, 1.807) is 5.43 Å². The predicted octanol–water partition coefficient (Wildman–Crippen LogP) is -1.36. The quantitative estimate of drug-likeness (QED) is 0.173. The van der Waals surface area contributed by atoms with Crippen molar-refractivity contribution >= 4 is 12.0 Å². The monoisotopic (exact) mass is 157 g/mol. The van der Waals surface area contributed by atoms with Crippen LogP contribution in [0, 0.1) is 0 Å². The fraction of sp³-hybridized carbons (Fsp3) is 0. The standard InChI is InChI=1S/C2H4N8O/c3-5-2(11)10(4)1-6-8-9-7-1/h3H,4H2,(H,6,7,8,9)/p+1. The van der Waals surface area contributed by atoms with Crippen LogP contribution in [0.1, 0.15) is 0 Å². The van der Waals surface area contributed by atoms with Crippen LogP contribution >= 0.6 is 0 Å². The summed E-state index contributed by atoms with van der Waals surface area (Å²) in [5, 5.41) is 12.8. The van der Waals surface area contributed by atoms with Gasteiger partial charge in [-0.25, -0.2) is 16.1 Å². The molecule has 0 spiro atoms. The van der Waals surface area contributed by atoms with Crippen LogP contribution in [0.15, 0.2) is 20.7 Å². The number of rotatable bonds is 0. The first-order valence-electron chi connectivity index (χ1n) is 2.50. The second-order valence-corrected chi connectivity index (χ2v) is 1.50. The van der Waals surface area contributed by atoms with Gasteiger partial charge in [-0.05, 0) is 0 Å². The summed E-state index contributed by atoms with van der Waals surface area (Å²) in [5.74, 6) is 9.77. The van der Waals surface area contributed by atoms with Gasteiger partial charge >= 0.3 is 12.0 Å². The molecule has 0 radical (unpaired) electrons. The zero-order valence-electron chi connectivity index (χ0n) is 5.30. The third kappa shape index (κ3) is 1.32. The highest BCUT2D eigenvalue weighted by molar-refractivity contribution is 5.81. The maximum absolute atomic E-state index is 10.6. The lowest BCUT2D eigenvalue weighted by Gasteiger charge is -1.93. The number of hydrogen-bond acceptors (Lipinski definition) is 5. The van der Waals surface area contributed by atoms with Gasteiger partial charge in [-0.1, -0.05) is 4.68 Å². The Balaban J connectivity index is 2.87. The molecule has 0 atom stereocenters. The molecular formula is C2H5N8O+. The second-order valence-electron chi connectivity index (χ2n) is 1.50. The highest BCUT2D eigenvalue weighted by atomic mass is 16.2. The van der Waals surface area contributed by atoms with Gasteiger partial charge in [0.05, 0.1) is 10.4 Å². The Morgan fingerprint density at radius 3 is 2.45 bits per heavy atom. The summed E-state index contributed by atoms with van der Waals surface area (Å²) in [7, 11) is 0. The van der Waals surface area contributed by atoms with Gasteiger partial charge in [-0.3, -0.25) is 5.84 Å². The third-order valence-corrected chi connectivity index (χ3v) is 0.866. The van der Waals surface area contributed by atoms with E-state index in [4.69, 9.17) is 11.7 Å². The van der Waals surface area contributed by atoms with Gasteiger partial charge in [0.2, 0.25) is 0 Å². The van der Waals surface area contributed by atoms with Crippen LogP contribution < -0.4 is 17.1 Å². The number of hydrogen-bond donors (Lipinski definition) is 3. The molecule has 0 bridgehead atoms. The highest BCUT2D eigenvalue weighted by Crippen LogP contribution is 1.95. The van der Waals surface area contributed by atoms with E-state index in [-0.39, 0.29) is 5.96 Å². The number of carbonyl (C=O) groups is 1. The number of amides is 2. The Morgan fingerprint density at radius 2 is 2.00 bits per heavy atom. The molecule has 1 rings (SSSR count). The summed E-state index contributed by atoms with van der Waals surface area (Å²) in [6.45, 7) is 0. The van der Waals surface area contributed by atoms with Crippen LogP contribution in [-0.2, 0) is 0 Å². The van der Waals surface area contributed by atoms with Gasteiger partial charge in [-0.15, -0.1) is 0 Å². The van der Waals surface area contributed by atoms with Crippen molar-refractivity contribution < 1.29 is 9.48 Å². The molecular weight excluding hydrogens is 152 g/mol. The number of nitrogens with zero attached hydrogens (tertiary/aromatic N) is 5. The molecule has 0 aliphatic carbocycles. The Morgan fingerprint density at radius 1 is 1.45 bits per heavy atom. The van der Waals surface area contributed by atoms with Crippen molar-refractivity contribution in [3.05, 3.63) is 0 Å². The van der Waals surface area contributed by atoms with Gasteiger partial charge in [0.1, 0.15) is 0 Å². The van der Waals surface area contributed by atoms with Gasteiger partial charge in [0.25, 0.3) is 0 Å². The van der Waals surface area contributed by atoms with Crippen molar-refractivity contribution in [2.75, 3.05) is 0 Å². The first-order chi connectivity index (χ1) is 5.25. The van der Waals surface area contributed by atoms with Crippen LogP contribution in [0.2, 0.25) is 0 Å². The number of carbonyl (C=O) groups excluding carboxylic acids is 1. The number of guanidine groups is 1. The minimum atomic E-state index is -0.750. The molecule has 9 nitrogen and oxygen atoms in total. The summed E-state index contributed by atoms with van der Waals surface area (Å²) in [5.41, 5.74) is 1.78. The normalized spacial score (nSPS) is 13.7. The van der Waals surface area contributed by atoms with Crippen LogP contribution in [0.3, 0.4) is 0 Å². The Kier molecular flexibility index (Phi) is 1.83. The molecule has 0 fully saturated rings. The van der Waals surface area contributed by atoms with Gasteiger partial charge in [0, 0.05) is 10.2 Å². The van der Waals surface area contributed by atoms with Crippen LogP contribution in [0.25, 0.3) is 0 Å². The molecule has 0 aromatic carbocycles. The van der Waals surface area contributed by atoms with Crippen LogP contribution in [0.5, 0.6) is 0 Å². The number of nitrogens with one attached hydrogen (secondary N) is 1. The highest BCUT2D eigenvalue weighted by Gasteiger charge is 2.19. The molecule has 58 valence electrons. The maximum Gasteiger partial charge on any atom is 0.455 e. The fourth-order valence-electron chi connectivity index (χ4n) is 0.397. The molecule has 2 amide bonds. The number of hydrazine groups is 2. The molecule has 0 aromatic rings. The Bertz CT molecular complexity index is 247. The van der Waals surface area contributed by atoms with E-state index in [0.29, 0.717) is 4.68 Å². The molecule has 1 aliphatic heterocycles.